The van der Waals surface area contributed by atoms with Crippen LogP contribution in [0.25, 0.3) is 16.9 Å². The second-order valence-corrected chi connectivity index (χ2v) is 7.10. The van der Waals surface area contributed by atoms with E-state index in [1.54, 1.807) is 26.2 Å². The molecular weight excluding hydrogens is 435 g/mol. The molecule has 0 spiro atoms. The number of hydrogen-bond donors (Lipinski definition) is 1. The van der Waals surface area contributed by atoms with Gasteiger partial charge in [0.05, 0.1) is 31.4 Å². The number of methoxy groups -OCH3 is 1. The predicted octanol–water partition coefficient (Wildman–Crippen LogP) is 4.92. The molecule has 0 unspecified atom stereocenters. The first kappa shape index (κ1) is 22.0. The van der Waals surface area contributed by atoms with Crippen molar-refractivity contribution >= 4 is 11.6 Å². The monoisotopic (exact) mass is 453 g/mol. The SMILES string of the molecule is COc1ccccc1-c1ccc(C(=O)Nc2cnc(-n3nccn3)c(C(F)(F)F)c2)c(C)c1. The highest BCUT2D eigenvalue weighted by atomic mass is 19.4. The Balaban J connectivity index is 1.62. The van der Waals surface area contributed by atoms with Gasteiger partial charge in [-0.2, -0.15) is 23.4 Å². The van der Waals surface area contributed by atoms with Crippen LogP contribution in [0.4, 0.5) is 18.9 Å². The van der Waals surface area contributed by atoms with Gasteiger partial charge >= 0.3 is 6.18 Å². The number of ether oxygens (including phenoxy) is 1. The molecule has 2 aromatic heterocycles. The molecule has 0 atom stereocenters. The maximum absolute atomic E-state index is 13.6. The Labute approximate surface area is 186 Å². The van der Waals surface area contributed by atoms with Crippen LogP contribution < -0.4 is 10.1 Å². The number of halogens is 3. The summed E-state index contributed by atoms with van der Waals surface area (Å²) in [6, 6.07) is 13.5. The van der Waals surface area contributed by atoms with Gasteiger partial charge in [-0.1, -0.05) is 30.3 Å². The first-order valence-electron chi connectivity index (χ1n) is 9.77. The van der Waals surface area contributed by atoms with Crippen molar-refractivity contribution in [1.82, 2.24) is 20.0 Å². The Morgan fingerprint density at radius 1 is 1.06 bits per heavy atom. The number of carbonyl (C=O) groups excluding carboxylic acids is 1. The van der Waals surface area contributed by atoms with Gasteiger partial charge in [0.25, 0.3) is 5.91 Å². The van der Waals surface area contributed by atoms with Gasteiger partial charge in [0, 0.05) is 11.1 Å². The fourth-order valence-corrected chi connectivity index (χ4v) is 3.39. The number of nitrogens with one attached hydrogen (secondary N) is 1. The largest absolute Gasteiger partial charge is 0.496 e. The number of para-hydroxylation sites is 1. The molecule has 10 heteroatoms. The lowest BCUT2D eigenvalue weighted by Gasteiger charge is -2.14. The molecule has 168 valence electrons. The van der Waals surface area contributed by atoms with Crippen molar-refractivity contribution in [2.45, 2.75) is 13.1 Å². The molecule has 0 radical (unpaired) electrons. The molecule has 2 heterocycles. The van der Waals surface area contributed by atoms with Crippen LogP contribution in [0.2, 0.25) is 0 Å². The normalized spacial score (nSPS) is 11.3. The highest BCUT2D eigenvalue weighted by Crippen LogP contribution is 2.34. The third-order valence-corrected chi connectivity index (χ3v) is 4.93. The summed E-state index contributed by atoms with van der Waals surface area (Å²) in [4.78, 5) is 17.4. The maximum atomic E-state index is 13.6. The van der Waals surface area contributed by atoms with E-state index in [2.05, 4.69) is 20.5 Å². The predicted molar refractivity (Wildman–Crippen MR) is 115 cm³/mol. The Morgan fingerprint density at radius 3 is 2.45 bits per heavy atom. The number of aryl methyl sites for hydroxylation is 1. The van der Waals surface area contributed by atoms with Crippen molar-refractivity contribution in [3.05, 3.63) is 83.8 Å². The summed E-state index contributed by atoms with van der Waals surface area (Å²) in [7, 11) is 1.57. The first-order valence-corrected chi connectivity index (χ1v) is 9.77. The second-order valence-electron chi connectivity index (χ2n) is 7.10. The molecular formula is C23H18F3N5O2. The molecule has 0 fully saturated rings. The van der Waals surface area contributed by atoms with E-state index < -0.39 is 23.5 Å². The fraction of sp³-hybridized carbons (Fsp3) is 0.130. The number of aromatic nitrogens is 4. The Kier molecular flexibility index (Phi) is 5.82. The van der Waals surface area contributed by atoms with Crippen LogP contribution in [0.3, 0.4) is 0 Å². The van der Waals surface area contributed by atoms with Crippen molar-refractivity contribution in [2.24, 2.45) is 0 Å². The lowest BCUT2D eigenvalue weighted by atomic mass is 9.99. The highest BCUT2D eigenvalue weighted by Gasteiger charge is 2.36. The quantitative estimate of drug-likeness (QED) is 0.464. The molecule has 1 N–H and O–H groups in total. The number of nitrogens with zero attached hydrogens (tertiary/aromatic N) is 4. The minimum Gasteiger partial charge on any atom is -0.496 e. The van der Waals surface area contributed by atoms with Crippen molar-refractivity contribution in [3.8, 4) is 22.7 Å². The summed E-state index contributed by atoms with van der Waals surface area (Å²) in [5, 5.41) is 9.90. The van der Waals surface area contributed by atoms with Gasteiger partial charge in [0.2, 0.25) is 0 Å². The average Bonchev–Trinajstić information content (AvgIpc) is 3.33. The van der Waals surface area contributed by atoms with Gasteiger partial charge in [-0.15, -0.1) is 4.80 Å². The summed E-state index contributed by atoms with van der Waals surface area (Å²) in [5.74, 6) is -0.353. The topological polar surface area (TPSA) is 81.9 Å². The fourth-order valence-electron chi connectivity index (χ4n) is 3.39. The number of anilines is 1. The van der Waals surface area contributed by atoms with Gasteiger partial charge in [0.15, 0.2) is 5.82 Å². The van der Waals surface area contributed by atoms with Gasteiger partial charge in [-0.25, -0.2) is 4.98 Å². The van der Waals surface area contributed by atoms with Crippen LogP contribution in [0.1, 0.15) is 21.5 Å². The summed E-state index contributed by atoms with van der Waals surface area (Å²) in [6.07, 6.45) is -1.10. The maximum Gasteiger partial charge on any atom is 0.420 e. The smallest absolute Gasteiger partial charge is 0.420 e. The number of alkyl halides is 3. The first-order chi connectivity index (χ1) is 15.8. The van der Waals surface area contributed by atoms with Crippen molar-refractivity contribution in [2.75, 3.05) is 12.4 Å². The molecule has 4 aromatic rings. The van der Waals surface area contributed by atoms with E-state index in [4.69, 9.17) is 4.74 Å². The zero-order valence-electron chi connectivity index (χ0n) is 17.6. The van der Waals surface area contributed by atoms with Crippen LogP contribution >= 0.6 is 0 Å². The molecule has 0 aliphatic heterocycles. The number of rotatable bonds is 5. The number of pyridine rings is 1. The van der Waals surface area contributed by atoms with Crippen LogP contribution in [-0.2, 0) is 6.18 Å². The van der Waals surface area contributed by atoms with Gasteiger partial charge < -0.3 is 10.1 Å². The lowest BCUT2D eigenvalue weighted by molar-refractivity contribution is -0.137. The van der Waals surface area contributed by atoms with Crippen LogP contribution in [0.15, 0.2) is 67.1 Å². The molecule has 0 aliphatic rings. The third kappa shape index (κ3) is 4.54. The van der Waals surface area contributed by atoms with E-state index in [0.717, 1.165) is 28.2 Å². The third-order valence-electron chi connectivity index (χ3n) is 4.93. The lowest BCUT2D eigenvalue weighted by Crippen LogP contribution is -2.17. The zero-order valence-corrected chi connectivity index (χ0v) is 17.6. The standard InChI is InChI=1S/C23H18F3N5O2/c1-14-11-15(18-5-3-4-6-20(18)33-2)7-8-17(14)22(32)30-16-12-19(23(24,25)26)21(27-13-16)31-28-9-10-29-31/h3-13H,1-2H3,(H,30,32). The van der Waals surface area contributed by atoms with E-state index in [0.29, 0.717) is 16.9 Å². The molecule has 1 amide bonds. The van der Waals surface area contributed by atoms with Crippen molar-refractivity contribution < 1.29 is 22.7 Å². The average molecular weight is 453 g/mol. The van der Waals surface area contributed by atoms with E-state index >= 15 is 0 Å². The Bertz CT molecular complexity index is 1300. The van der Waals surface area contributed by atoms with E-state index in [-0.39, 0.29) is 5.69 Å². The second kappa shape index (κ2) is 8.73. The Hall–Kier alpha value is -4.21. The van der Waals surface area contributed by atoms with Gasteiger partial charge in [-0.3, -0.25) is 4.79 Å². The molecule has 0 bridgehead atoms. The van der Waals surface area contributed by atoms with Crippen LogP contribution in [0, 0.1) is 6.92 Å². The van der Waals surface area contributed by atoms with E-state index in [1.165, 1.54) is 12.4 Å². The molecule has 0 aliphatic carbocycles. The number of amides is 1. The number of benzene rings is 2. The van der Waals surface area contributed by atoms with E-state index in [9.17, 15) is 18.0 Å². The van der Waals surface area contributed by atoms with E-state index in [1.807, 2.05) is 30.3 Å². The summed E-state index contributed by atoms with van der Waals surface area (Å²) < 4.78 is 46.1. The molecule has 0 saturated heterocycles. The minimum atomic E-state index is -4.72. The van der Waals surface area contributed by atoms with Crippen molar-refractivity contribution in [1.29, 1.82) is 0 Å². The molecule has 0 saturated carbocycles. The van der Waals surface area contributed by atoms with Gasteiger partial charge in [-0.05, 0) is 36.2 Å². The molecule has 33 heavy (non-hydrogen) atoms. The van der Waals surface area contributed by atoms with Gasteiger partial charge in [0.1, 0.15) is 11.3 Å². The summed E-state index contributed by atoms with van der Waals surface area (Å²) >= 11 is 0. The zero-order chi connectivity index (χ0) is 23.6. The molecule has 7 nitrogen and oxygen atoms in total. The Morgan fingerprint density at radius 2 is 1.79 bits per heavy atom. The van der Waals surface area contributed by atoms with Crippen LogP contribution in [-0.4, -0.2) is 33.0 Å². The summed E-state index contributed by atoms with van der Waals surface area (Å²) in [5.41, 5.74) is 1.50. The molecule has 4 rings (SSSR count). The molecule has 2 aromatic carbocycles. The van der Waals surface area contributed by atoms with Crippen molar-refractivity contribution in [3.63, 3.8) is 0 Å². The number of hydrogen-bond acceptors (Lipinski definition) is 5. The number of carbonyl (C=O) groups is 1. The summed E-state index contributed by atoms with van der Waals surface area (Å²) in [6.45, 7) is 1.75. The highest BCUT2D eigenvalue weighted by molar-refractivity contribution is 6.05. The van der Waals surface area contributed by atoms with Crippen LogP contribution in [0.5, 0.6) is 5.75 Å². The minimum absolute atomic E-state index is 0.101.